The summed E-state index contributed by atoms with van der Waals surface area (Å²) in [5.41, 5.74) is 7.55. The first kappa shape index (κ1) is 12.6. The van der Waals surface area contributed by atoms with Gasteiger partial charge in [0, 0.05) is 10.2 Å². The number of anilines is 3. The Hall–Kier alpha value is -1.89. The Morgan fingerprint density at radius 3 is 2.72 bits per heavy atom. The molecule has 0 aliphatic carbocycles. The van der Waals surface area contributed by atoms with Gasteiger partial charge in [-0.1, -0.05) is 22.0 Å². The van der Waals surface area contributed by atoms with Crippen LogP contribution in [0.4, 0.5) is 17.6 Å². The number of nitrogen functional groups attached to an aromatic ring is 1. The van der Waals surface area contributed by atoms with E-state index in [-0.39, 0.29) is 12.0 Å². The SMILES string of the molecule is COc1nc(N)nc(Nc2ccc(C)c(Br)c2)n1. The topological polar surface area (TPSA) is 86.0 Å². The molecule has 0 fully saturated rings. The Bertz CT molecular complexity index is 575. The molecular formula is C11H12BrN5O. The van der Waals surface area contributed by atoms with Gasteiger partial charge < -0.3 is 15.8 Å². The molecular weight excluding hydrogens is 298 g/mol. The number of methoxy groups -OCH3 is 1. The van der Waals surface area contributed by atoms with Crippen molar-refractivity contribution < 1.29 is 4.74 Å². The van der Waals surface area contributed by atoms with E-state index >= 15 is 0 Å². The van der Waals surface area contributed by atoms with Crippen LogP contribution in [0.5, 0.6) is 6.01 Å². The van der Waals surface area contributed by atoms with Crippen LogP contribution < -0.4 is 15.8 Å². The number of aryl methyl sites for hydroxylation is 1. The van der Waals surface area contributed by atoms with Crippen molar-refractivity contribution in [3.05, 3.63) is 28.2 Å². The van der Waals surface area contributed by atoms with E-state index in [4.69, 9.17) is 10.5 Å². The van der Waals surface area contributed by atoms with Gasteiger partial charge in [-0.2, -0.15) is 15.0 Å². The number of hydrogen-bond acceptors (Lipinski definition) is 6. The van der Waals surface area contributed by atoms with Crippen LogP contribution in [0, 0.1) is 6.92 Å². The molecule has 0 aliphatic heterocycles. The molecule has 0 amide bonds. The van der Waals surface area contributed by atoms with Gasteiger partial charge >= 0.3 is 6.01 Å². The molecule has 1 heterocycles. The molecule has 1 aromatic heterocycles. The molecule has 18 heavy (non-hydrogen) atoms. The van der Waals surface area contributed by atoms with E-state index < -0.39 is 0 Å². The van der Waals surface area contributed by atoms with Gasteiger partial charge in [-0.25, -0.2) is 0 Å². The highest BCUT2D eigenvalue weighted by Crippen LogP contribution is 2.22. The molecule has 0 spiro atoms. The number of rotatable bonds is 3. The summed E-state index contributed by atoms with van der Waals surface area (Å²) in [6.07, 6.45) is 0. The lowest BCUT2D eigenvalue weighted by Gasteiger charge is -2.07. The van der Waals surface area contributed by atoms with Crippen LogP contribution in [0.3, 0.4) is 0 Å². The maximum atomic E-state index is 5.55. The fourth-order valence-corrected chi connectivity index (χ4v) is 1.70. The first-order valence-corrected chi connectivity index (χ1v) is 5.96. The van der Waals surface area contributed by atoms with Crippen LogP contribution in [0.1, 0.15) is 5.56 Å². The molecule has 6 nitrogen and oxygen atoms in total. The van der Waals surface area contributed by atoms with Gasteiger partial charge in [0.2, 0.25) is 11.9 Å². The van der Waals surface area contributed by atoms with Gasteiger partial charge in [0.05, 0.1) is 7.11 Å². The van der Waals surface area contributed by atoms with E-state index in [2.05, 4.69) is 36.2 Å². The highest BCUT2D eigenvalue weighted by Gasteiger charge is 2.05. The lowest BCUT2D eigenvalue weighted by molar-refractivity contribution is 0.380. The van der Waals surface area contributed by atoms with Crippen LogP contribution >= 0.6 is 15.9 Å². The number of hydrogen-bond donors (Lipinski definition) is 2. The fourth-order valence-electron chi connectivity index (χ4n) is 1.32. The van der Waals surface area contributed by atoms with Crippen LogP contribution in [0.25, 0.3) is 0 Å². The lowest BCUT2D eigenvalue weighted by Crippen LogP contribution is -2.05. The average molecular weight is 310 g/mol. The summed E-state index contributed by atoms with van der Waals surface area (Å²) < 4.78 is 5.93. The monoisotopic (exact) mass is 309 g/mol. The van der Waals surface area contributed by atoms with Crippen LogP contribution in [0.2, 0.25) is 0 Å². The Balaban J connectivity index is 2.27. The maximum absolute atomic E-state index is 5.55. The summed E-state index contributed by atoms with van der Waals surface area (Å²) in [4.78, 5) is 11.8. The number of halogens is 1. The first-order valence-electron chi connectivity index (χ1n) is 5.17. The number of nitrogens with one attached hydrogen (secondary N) is 1. The minimum absolute atomic E-state index is 0.107. The minimum atomic E-state index is 0.107. The number of nitrogens with zero attached hydrogens (tertiary/aromatic N) is 3. The highest BCUT2D eigenvalue weighted by molar-refractivity contribution is 9.10. The van der Waals surface area contributed by atoms with Crippen molar-refractivity contribution in [3.8, 4) is 6.01 Å². The summed E-state index contributed by atoms with van der Waals surface area (Å²) in [6, 6.07) is 6.01. The zero-order valence-corrected chi connectivity index (χ0v) is 11.5. The fraction of sp³-hybridized carbons (Fsp3) is 0.182. The smallest absolute Gasteiger partial charge is 0.322 e. The van der Waals surface area contributed by atoms with E-state index in [1.807, 2.05) is 25.1 Å². The van der Waals surface area contributed by atoms with Gasteiger partial charge in [-0.15, -0.1) is 0 Å². The predicted molar refractivity (Wildman–Crippen MR) is 73.0 cm³/mol. The van der Waals surface area contributed by atoms with E-state index in [9.17, 15) is 0 Å². The second-order valence-electron chi connectivity index (χ2n) is 3.59. The number of ether oxygens (including phenoxy) is 1. The highest BCUT2D eigenvalue weighted by atomic mass is 79.9. The summed E-state index contributed by atoms with van der Waals surface area (Å²) in [5.74, 6) is 0.450. The molecule has 1 aromatic carbocycles. The summed E-state index contributed by atoms with van der Waals surface area (Å²) >= 11 is 3.46. The van der Waals surface area contributed by atoms with Crippen LogP contribution in [-0.2, 0) is 0 Å². The third-order valence-electron chi connectivity index (χ3n) is 2.24. The quantitative estimate of drug-likeness (QED) is 0.904. The Morgan fingerprint density at radius 2 is 2.06 bits per heavy atom. The lowest BCUT2D eigenvalue weighted by atomic mass is 10.2. The number of aromatic nitrogens is 3. The van der Waals surface area contributed by atoms with E-state index in [1.54, 1.807) is 0 Å². The largest absolute Gasteiger partial charge is 0.467 e. The second-order valence-corrected chi connectivity index (χ2v) is 4.45. The normalized spacial score (nSPS) is 10.2. The van der Waals surface area contributed by atoms with Crippen molar-refractivity contribution in [1.29, 1.82) is 0 Å². The predicted octanol–water partition coefficient (Wildman–Crippen LogP) is 2.28. The van der Waals surface area contributed by atoms with Crippen molar-refractivity contribution in [1.82, 2.24) is 15.0 Å². The van der Waals surface area contributed by atoms with E-state index in [0.29, 0.717) is 5.95 Å². The van der Waals surface area contributed by atoms with Crippen molar-refractivity contribution in [3.63, 3.8) is 0 Å². The number of nitrogens with two attached hydrogens (primary N) is 1. The molecule has 0 radical (unpaired) electrons. The molecule has 0 saturated carbocycles. The second kappa shape index (κ2) is 5.18. The van der Waals surface area contributed by atoms with E-state index in [0.717, 1.165) is 15.7 Å². The molecule has 0 atom stereocenters. The first-order chi connectivity index (χ1) is 8.58. The van der Waals surface area contributed by atoms with Gasteiger partial charge in [-0.3, -0.25) is 0 Å². The Kier molecular flexibility index (Phi) is 3.61. The zero-order valence-electron chi connectivity index (χ0n) is 9.94. The molecule has 2 rings (SSSR count). The van der Waals surface area contributed by atoms with Crippen molar-refractivity contribution >= 4 is 33.5 Å². The minimum Gasteiger partial charge on any atom is -0.467 e. The third-order valence-corrected chi connectivity index (χ3v) is 3.10. The van der Waals surface area contributed by atoms with Gasteiger partial charge in [0.15, 0.2) is 0 Å². The summed E-state index contributed by atoms with van der Waals surface area (Å²) in [7, 11) is 1.47. The summed E-state index contributed by atoms with van der Waals surface area (Å²) in [5, 5.41) is 3.04. The van der Waals surface area contributed by atoms with Gasteiger partial charge in [-0.05, 0) is 24.6 Å². The Labute approximate surface area is 113 Å². The zero-order chi connectivity index (χ0) is 13.1. The van der Waals surface area contributed by atoms with Gasteiger partial charge in [0.1, 0.15) is 0 Å². The molecule has 0 unspecified atom stereocenters. The molecule has 2 aromatic rings. The van der Waals surface area contributed by atoms with Crippen molar-refractivity contribution in [2.24, 2.45) is 0 Å². The molecule has 0 saturated heterocycles. The Morgan fingerprint density at radius 1 is 1.28 bits per heavy atom. The average Bonchev–Trinajstić information content (AvgIpc) is 2.33. The third kappa shape index (κ3) is 2.86. The number of benzene rings is 1. The molecule has 3 N–H and O–H groups in total. The van der Waals surface area contributed by atoms with Crippen molar-refractivity contribution in [2.75, 3.05) is 18.2 Å². The van der Waals surface area contributed by atoms with Gasteiger partial charge in [0.25, 0.3) is 0 Å². The van der Waals surface area contributed by atoms with E-state index in [1.165, 1.54) is 7.11 Å². The van der Waals surface area contributed by atoms with Crippen LogP contribution in [0.15, 0.2) is 22.7 Å². The maximum Gasteiger partial charge on any atom is 0.322 e. The standard InChI is InChI=1S/C11H12BrN5O/c1-6-3-4-7(5-8(6)12)14-10-15-9(13)16-11(17-10)18-2/h3-5H,1-2H3,(H3,13,14,15,16,17). The van der Waals surface area contributed by atoms with Crippen molar-refractivity contribution in [2.45, 2.75) is 6.92 Å². The van der Waals surface area contributed by atoms with Crippen LogP contribution in [-0.4, -0.2) is 22.1 Å². The summed E-state index contributed by atoms with van der Waals surface area (Å²) in [6.45, 7) is 2.01. The molecule has 7 heteroatoms. The molecule has 0 aliphatic rings. The molecule has 0 bridgehead atoms. The molecule has 94 valence electrons.